The lowest BCUT2D eigenvalue weighted by Gasteiger charge is -2.13. The molecule has 41 heavy (non-hydrogen) atoms. The fourth-order valence-corrected chi connectivity index (χ4v) is 4.12. The topological polar surface area (TPSA) is 76.7 Å². The molecule has 6 heteroatoms. The van der Waals surface area contributed by atoms with E-state index >= 15 is 0 Å². The van der Waals surface area contributed by atoms with Crippen LogP contribution in [-0.4, -0.2) is 25.0 Å². The van der Waals surface area contributed by atoms with E-state index in [4.69, 9.17) is 9.47 Å². The zero-order valence-electron chi connectivity index (χ0n) is 24.1. The zero-order chi connectivity index (χ0) is 29.2. The van der Waals surface area contributed by atoms with Crippen LogP contribution in [0.1, 0.15) is 59.5 Å². The average Bonchev–Trinajstić information content (AvgIpc) is 2.97. The van der Waals surface area contributed by atoms with Gasteiger partial charge in [-0.25, -0.2) is 0 Å². The molecule has 4 aromatic rings. The maximum Gasteiger partial charge on any atom is 0.259 e. The van der Waals surface area contributed by atoms with Gasteiger partial charge in [-0.05, 0) is 77.9 Å². The SMILES string of the molecule is CC(C)COc1ccccc1C(=O)Nc1ccc(Cc2ccc(NC(=O)c3ccccc3OCC(C)C)cc2)cc1. The summed E-state index contributed by atoms with van der Waals surface area (Å²) >= 11 is 0. The Hall–Kier alpha value is -4.58. The first-order chi connectivity index (χ1) is 19.8. The van der Waals surface area contributed by atoms with Crippen LogP contribution in [0.5, 0.6) is 11.5 Å². The molecule has 6 nitrogen and oxygen atoms in total. The van der Waals surface area contributed by atoms with E-state index < -0.39 is 0 Å². The largest absolute Gasteiger partial charge is 0.492 e. The molecule has 4 rings (SSSR count). The van der Waals surface area contributed by atoms with Gasteiger partial charge in [0.15, 0.2) is 0 Å². The predicted octanol–water partition coefficient (Wildman–Crippen LogP) is 7.85. The summed E-state index contributed by atoms with van der Waals surface area (Å²) < 4.78 is 11.7. The van der Waals surface area contributed by atoms with Crippen LogP contribution in [0.3, 0.4) is 0 Å². The van der Waals surface area contributed by atoms with Crippen LogP contribution in [-0.2, 0) is 6.42 Å². The van der Waals surface area contributed by atoms with Gasteiger partial charge in [-0.1, -0.05) is 76.2 Å². The molecule has 0 saturated carbocycles. The number of hydrogen-bond acceptors (Lipinski definition) is 4. The molecule has 0 aliphatic rings. The van der Waals surface area contributed by atoms with Gasteiger partial charge in [0.1, 0.15) is 11.5 Å². The molecule has 0 spiro atoms. The summed E-state index contributed by atoms with van der Waals surface area (Å²) in [6, 6.07) is 30.2. The Morgan fingerprint density at radius 2 is 0.927 bits per heavy atom. The summed E-state index contributed by atoms with van der Waals surface area (Å²) in [7, 11) is 0. The number of benzene rings is 4. The second-order valence-corrected chi connectivity index (χ2v) is 10.9. The standard InChI is InChI=1S/C35H38N2O4/c1-24(2)22-40-32-11-7-5-9-30(32)34(38)36-28-17-13-26(14-18-28)21-27-15-19-29(20-16-27)37-35(39)31-10-6-8-12-33(31)41-23-25(3)4/h5-20,24-25H,21-23H2,1-4H3,(H,36,38)(H,37,39). The third-order valence-corrected chi connectivity index (χ3v) is 6.24. The van der Waals surface area contributed by atoms with Gasteiger partial charge < -0.3 is 20.1 Å². The number of ether oxygens (including phenoxy) is 2. The molecule has 4 aromatic carbocycles. The fraction of sp³-hybridized carbons (Fsp3) is 0.257. The summed E-state index contributed by atoms with van der Waals surface area (Å²) in [6.45, 7) is 9.39. The highest BCUT2D eigenvalue weighted by Gasteiger charge is 2.14. The Labute approximate surface area is 242 Å². The van der Waals surface area contributed by atoms with Crippen molar-refractivity contribution >= 4 is 23.2 Å². The highest BCUT2D eigenvalue weighted by atomic mass is 16.5. The zero-order valence-corrected chi connectivity index (χ0v) is 24.1. The molecule has 0 aliphatic carbocycles. The van der Waals surface area contributed by atoms with Gasteiger partial charge in [0.05, 0.1) is 24.3 Å². The van der Waals surface area contributed by atoms with Gasteiger partial charge in [0, 0.05) is 11.4 Å². The molecule has 0 heterocycles. The number of carbonyl (C=O) groups excluding carboxylic acids is 2. The van der Waals surface area contributed by atoms with Gasteiger partial charge in [-0.3, -0.25) is 9.59 Å². The first kappa shape index (κ1) is 29.4. The Kier molecular flexibility index (Phi) is 10.2. The van der Waals surface area contributed by atoms with Crippen molar-refractivity contribution in [2.24, 2.45) is 11.8 Å². The Morgan fingerprint density at radius 1 is 0.561 bits per heavy atom. The van der Waals surface area contributed by atoms with Gasteiger partial charge in [-0.2, -0.15) is 0 Å². The van der Waals surface area contributed by atoms with E-state index in [2.05, 4.69) is 38.3 Å². The summed E-state index contributed by atoms with van der Waals surface area (Å²) in [4.78, 5) is 25.8. The smallest absolute Gasteiger partial charge is 0.259 e. The second-order valence-electron chi connectivity index (χ2n) is 10.9. The minimum Gasteiger partial charge on any atom is -0.492 e. The van der Waals surface area contributed by atoms with Crippen molar-refractivity contribution in [2.45, 2.75) is 34.1 Å². The second kappa shape index (κ2) is 14.2. The average molecular weight is 551 g/mol. The number of carbonyl (C=O) groups is 2. The molecule has 212 valence electrons. The highest BCUT2D eigenvalue weighted by Crippen LogP contribution is 2.23. The van der Waals surface area contributed by atoms with Crippen molar-refractivity contribution < 1.29 is 19.1 Å². The quantitative estimate of drug-likeness (QED) is 0.188. The molecule has 0 saturated heterocycles. The molecule has 0 atom stereocenters. The molecule has 0 bridgehead atoms. The van der Waals surface area contributed by atoms with Crippen molar-refractivity contribution in [3.05, 3.63) is 119 Å². The summed E-state index contributed by atoms with van der Waals surface area (Å²) in [5.41, 5.74) is 4.67. The van der Waals surface area contributed by atoms with Crippen LogP contribution >= 0.6 is 0 Å². The first-order valence-corrected chi connectivity index (χ1v) is 14.0. The fourth-order valence-electron chi connectivity index (χ4n) is 4.12. The van der Waals surface area contributed by atoms with Crippen LogP contribution in [0.15, 0.2) is 97.1 Å². The van der Waals surface area contributed by atoms with Crippen LogP contribution in [0.4, 0.5) is 11.4 Å². The number of para-hydroxylation sites is 2. The van der Waals surface area contributed by atoms with E-state index in [0.717, 1.165) is 17.5 Å². The lowest BCUT2D eigenvalue weighted by atomic mass is 10.0. The molecular formula is C35H38N2O4. The number of hydrogen-bond donors (Lipinski definition) is 2. The molecular weight excluding hydrogens is 512 g/mol. The minimum atomic E-state index is -0.205. The van der Waals surface area contributed by atoms with Crippen molar-refractivity contribution in [3.8, 4) is 11.5 Å². The number of anilines is 2. The minimum absolute atomic E-state index is 0.205. The summed E-state index contributed by atoms with van der Waals surface area (Å²) in [6.07, 6.45) is 0.722. The summed E-state index contributed by atoms with van der Waals surface area (Å²) in [5, 5.41) is 5.93. The molecule has 0 radical (unpaired) electrons. The van der Waals surface area contributed by atoms with Crippen molar-refractivity contribution in [1.29, 1.82) is 0 Å². The normalized spacial score (nSPS) is 10.9. The molecule has 0 aliphatic heterocycles. The van der Waals surface area contributed by atoms with E-state index in [1.807, 2.05) is 84.9 Å². The molecule has 0 fully saturated rings. The van der Waals surface area contributed by atoms with Gasteiger partial charge in [-0.15, -0.1) is 0 Å². The van der Waals surface area contributed by atoms with Gasteiger partial charge in [0.25, 0.3) is 11.8 Å². The van der Waals surface area contributed by atoms with Gasteiger partial charge in [0.2, 0.25) is 0 Å². The Balaban J connectivity index is 1.33. The van der Waals surface area contributed by atoms with E-state index in [9.17, 15) is 9.59 Å². The van der Waals surface area contributed by atoms with Crippen molar-refractivity contribution in [3.63, 3.8) is 0 Å². The lowest BCUT2D eigenvalue weighted by molar-refractivity contribution is 0.101. The number of rotatable bonds is 12. The Bertz CT molecular complexity index is 1330. The molecule has 2 amide bonds. The predicted molar refractivity (Wildman–Crippen MR) is 165 cm³/mol. The van der Waals surface area contributed by atoms with E-state index in [-0.39, 0.29) is 11.8 Å². The van der Waals surface area contributed by atoms with Crippen LogP contribution in [0.2, 0.25) is 0 Å². The number of nitrogens with one attached hydrogen (secondary N) is 2. The molecule has 2 N–H and O–H groups in total. The van der Waals surface area contributed by atoms with E-state index in [1.54, 1.807) is 12.1 Å². The lowest BCUT2D eigenvalue weighted by Crippen LogP contribution is -2.15. The highest BCUT2D eigenvalue weighted by molar-refractivity contribution is 6.06. The van der Waals surface area contributed by atoms with E-state index in [1.165, 1.54) is 0 Å². The summed E-state index contributed by atoms with van der Waals surface area (Å²) in [5.74, 6) is 1.49. The molecule has 0 aromatic heterocycles. The van der Waals surface area contributed by atoms with Gasteiger partial charge >= 0.3 is 0 Å². The third kappa shape index (κ3) is 8.70. The first-order valence-electron chi connectivity index (χ1n) is 14.0. The van der Waals surface area contributed by atoms with E-state index in [0.29, 0.717) is 59.1 Å². The van der Waals surface area contributed by atoms with Crippen LogP contribution in [0.25, 0.3) is 0 Å². The monoisotopic (exact) mass is 550 g/mol. The maximum absolute atomic E-state index is 12.9. The molecule has 0 unspecified atom stereocenters. The van der Waals surface area contributed by atoms with Crippen molar-refractivity contribution in [1.82, 2.24) is 0 Å². The van der Waals surface area contributed by atoms with Crippen LogP contribution < -0.4 is 20.1 Å². The van der Waals surface area contributed by atoms with Crippen molar-refractivity contribution in [2.75, 3.05) is 23.8 Å². The third-order valence-electron chi connectivity index (χ3n) is 6.24. The maximum atomic E-state index is 12.9. The Morgan fingerprint density at radius 3 is 1.29 bits per heavy atom. The number of amides is 2. The van der Waals surface area contributed by atoms with Crippen LogP contribution in [0, 0.1) is 11.8 Å².